The van der Waals surface area contributed by atoms with Crippen molar-refractivity contribution in [1.29, 1.82) is 0 Å². The van der Waals surface area contributed by atoms with E-state index in [1.54, 1.807) is 17.4 Å². The summed E-state index contributed by atoms with van der Waals surface area (Å²) in [5, 5.41) is 13.7. The van der Waals surface area contributed by atoms with Crippen LogP contribution in [-0.2, 0) is 4.74 Å². The number of aliphatic hydroxyl groups is 1. The second kappa shape index (κ2) is 6.75. The van der Waals surface area contributed by atoms with Crippen LogP contribution in [0.5, 0.6) is 0 Å². The maximum Gasteiger partial charge on any atom is 0.278 e. The molecule has 9 nitrogen and oxygen atoms in total. The fourth-order valence-corrected chi connectivity index (χ4v) is 3.76. The molecule has 1 fully saturated rings. The topological polar surface area (TPSA) is 108 Å². The number of hydrogen-bond acceptors (Lipinski definition) is 7. The number of aromatic nitrogens is 5. The Morgan fingerprint density at radius 2 is 2.24 bits per heavy atom. The number of ether oxygens (including phenoxy) is 1. The van der Waals surface area contributed by atoms with Gasteiger partial charge in [-0.15, -0.1) is 0 Å². The first-order valence-corrected chi connectivity index (χ1v) is 9.32. The molecular formula is C19H18FN5O4. The van der Waals surface area contributed by atoms with E-state index in [1.165, 1.54) is 23.0 Å². The Labute approximate surface area is 163 Å². The molecule has 1 N–H and O–H groups in total. The molecule has 0 amide bonds. The van der Waals surface area contributed by atoms with Crippen molar-refractivity contribution in [1.82, 2.24) is 24.1 Å². The van der Waals surface area contributed by atoms with E-state index >= 15 is 0 Å². The summed E-state index contributed by atoms with van der Waals surface area (Å²) in [4.78, 5) is 22.1. The Morgan fingerprint density at radius 1 is 1.38 bits per heavy atom. The van der Waals surface area contributed by atoms with Crippen molar-refractivity contribution >= 4 is 16.6 Å². The van der Waals surface area contributed by atoms with Crippen molar-refractivity contribution in [3.05, 3.63) is 46.6 Å². The molecular weight excluding hydrogens is 381 g/mol. The number of rotatable bonds is 4. The Hall–Kier alpha value is -3.11. The van der Waals surface area contributed by atoms with Gasteiger partial charge in [0.1, 0.15) is 23.4 Å². The molecule has 2 atom stereocenters. The molecule has 10 heteroatoms. The van der Waals surface area contributed by atoms with Gasteiger partial charge in [0, 0.05) is 6.61 Å². The van der Waals surface area contributed by atoms with Crippen LogP contribution in [-0.4, -0.2) is 49.0 Å². The Balaban J connectivity index is 1.77. The second-order valence-electron chi connectivity index (χ2n) is 7.17. The standard InChI is InChI=1S/C19H18FN5O4/c1-10(7-26)25-14-6-12(20)2-3-13(14)24-9-21-15(16(24)19(25)27)17-22-18(29-23-17)11-4-5-28-8-11/h2-3,6,9-11,26H,4-5,7-8H2,1H3. The first-order valence-electron chi connectivity index (χ1n) is 9.32. The van der Waals surface area contributed by atoms with Crippen LogP contribution in [0, 0.1) is 5.82 Å². The van der Waals surface area contributed by atoms with Crippen molar-refractivity contribution in [2.24, 2.45) is 0 Å². The largest absolute Gasteiger partial charge is 0.394 e. The van der Waals surface area contributed by atoms with Crippen LogP contribution < -0.4 is 5.56 Å². The van der Waals surface area contributed by atoms with E-state index in [9.17, 15) is 14.3 Å². The molecule has 1 aromatic carbocycles. The summed E-state index contributed by atoms with van der Waals surface area (Å²) in [5.41, 5.74) is 1.03. The molecule has 0 saturated carbocycles. The van der Waals surface area contributed by atoms with Gasteiger partial charge in [-0.3, -0.25) is 13.8 Å². The zero-order valence-corrected chi connectivity index (χ0v) is 15.6. The molecule has 0 bridgehead atoms. The smallest absolute Gasteiger partial charge is 0.278 e. The zero-order valence-electron chi connectivity index (χ0n) is 15.6. The molecule has 4 heterocycles. The van der Waals surface area contributed by atoms with Gasteiger partial charge in [0.2, 0.25) is 11.7 Å². The maximum atomic E-state index is 13.9. The number of aliphatic hydroxyl groups excluding tert-OH is 1. The molecule has 1 aliphatic heterocycles. The van der Waals surface area contributed by atoms with Crippen molar-refractivity contribution < 1.29 is 18.8 Å². The van der Waals surface area contributed by atoms with Crippen LogP contribution in [0.25, 0.3) is 28.1 Å². The SMILES string of the molecule is CC(CO)n1c(=O)c2c(-c3noc(C4CCOC4)n3)ncn2c2ccc(F)cc21. The summed E-state index contributed by atoms with van der Waals surface area (Å²) in [6, 6.07) is 3.60. The number of benzene rings is 1. The molecule has 150 valence electrons. The third-order valence-electron chi connectivity index (χ3n) is 5.28. The predicted octanol–water partition coefficient (Wildman–Crippen LogP) is 1.90. The predicted molar refractivity (Wildman–Crippen MR) is 100 cm³/mol. The summed E-state index contributed by atoms with van der Waals surface area (Å²) < 4.78 is 27.6. The number of halogens is 1. The van der Waals surface area contributed by atoms with E-state index in [0.29, 0.717) is 30.1 Å². The quantitative estimate of drug-likeness (QED) is 0.558. The number of fused-ring (bicyclic) bond motifs is 3. The van der Waals surface area contributed by atoms with Gasteiger partial charge in [-0.2, -0.15) is 4.98 Å². The van der Waals surface area contributed by atoms with Crippen molar-refractivity contribution in [2.45, 2.75) is 25.3 Å². The highest BCUT2D eigenvalue weighted by molar-refractivity contribution is 5.83. The molecule has 0 aliphatic carbocycles. The Bertz CT molecular complexity index is 1270. The third-order valence-corrected chi connectivity index (χ3v) is 5.28. The van der Waals surface area contributed by atoms with Gasteiger partial charge in [0.25, 0.3) is 5.56 Å². The van der Waals surface area contributed by atoms with Gasteiger partial charge < -0.3 is 14.4 Å². The molecule has 3 aromatic heterocycles. The third kappa shape index (κ3) is 2.75. The molecule has 4 aromatic rings. The number of imidazole rings is 1. The van der Waals surface area contributed by atoms with Crippen molar-refractivity contribution in [3.63, 3.8) is 0 Å². The van der Waals surface area contributed by atoms with Crippen molar-refractivity contribution in [2.75, 3.05) is 19.8 Å². The van der Waals surface area contributed by atoms with Gasteiger partial charge in [-0.1, -0.05) is 5.16 Å². The normalized spacial score (nSPS) is 18.1. The fourth-order valence-electron chi connectivity index (χ4n) is 3.76. The lowest BCUT2D eigenvalue weighted by Crippen LogP contribution is -2.27. The number of hydrogen-bond donors (Lipinski definition) is 1. The molecule has 2 unspecified atom stereocenters. The van der Waals surface area contributed by atoms with Crippen LogP contribution >= 0.6 is 0 Å². The fraction of sp³-hybridized carbons (Fsp3) is 0.368. The first kappa shape index (κ1) is 18.0. The van der Waals surface area contributed by atoms with Crippen LogP contribution in [0.3, 0.4) is 0 Å². The highest BCUT2D eigenvalue weighted by Gasteiger charge is 2.27. The minimum absolute atomic E-state index is 0.0278. The second-order valence-corrected chi connectivity index (χ2v) is 7.17. The van der Waals surface area contributed by atoms with Crippen LogP contribution in [0.15, 0.2) is 33.8 Å². The van der Waals surface area contributed by atoms with Gasteiger partial charge in [-0.05, 0) is 31.5 Å². The summed E-state index contributed by atoms with van der Waals surface area (Å²) in [7, 11) is 0. The lowest BCUT2D eigenvalue weighted by molar-refractivity contribution is 0.189. The van der Waals surface area contributed by atoms with E-state index in [-0.39, 0.29) is 29.6 Å². The molecule has 0 spiro atoms. The van der Waals surface area contributed by atoms with E-state index in [0.717, 1.165) is 6.42 Å². The van der Waals surface area contributed by atoms with E-state index in [4.69, 9.17) is 9.26 Å². The van der Waals surface area contributed by atoms with E-state index in [2.05, 4.69) is 15.1 Å². The van der Waals surface area contributed by atoms with Crippen LogP contribution in [0.2, 0.25) is 0 Å². The summed E-state index contributed by atoms with van der Waals surface area (Å²) in [6.07, 6.45) is 2.28. The summed E-state index contributed by atoms with van der Waals surface area (Å²) >= 11 is 0. The molecule has 1 aliphatic rings. The monoisotopic (exact) mass is 399 g/mol. The lowest BCUT2D eigenvalue weighted by atomic mass is 10.1. The minimum atomic E-state index is -0.559. The van der Waals surface area contributed by atoms with Gasteiger partial charge in [0.15, 0.2) is 0 Å². The summed E-state index contributed by atoms with van der Waals surface area (Å²) in [6.45, 7) is 2.56. The first-order chi connectivity index (χ1) is 14.1. The van der Waals surface area contributed by atoms with E-state index in [1.807, 2.05) is 0 Å². The highest BCUT2D eigenvalue weighted by atomic mass is 19.1. The number of nitrogens with zero attached hydrogens (tertiary/aromatic N) is 5. The van der Waals surface area contributed by atoms with E-state index < -0.39 is 17.4 Å². The van der Waals surface area contributed by atoms with Crippen LogP contribution in [0.1, 0.15) is 31.2 Å². The van der Waals surface area contributed by atoms with Gasteiger partial charge in [0.05, 0.1) is 36.2 Å². The van der Waals surface area contributed by atoms with Crippen molar-refractivity contribution in [3.8, 4) is 11.5 Å². The lowest BCUT2D eigenvalue weighted by Gasteiger charge is -2.17. The van der Waals surface area contributed by atoms with Gasteiger partial charge in [-0.25, -0.2) is 9.37 Å². The molecule has 5 rings (SSSR count). The van der Waals surface area contributed by atoms with Crippen LogP contribution in [0.4, 0.5) is 4.39 Å². The Kier molecular flexibility index (Phi) is 4.18. The maximum absolute atomic E-state index is 13.9. The average Bonchev–Trinajstić information content (AvgIpc) is 3.46. The Morgan fingerprint density at radius 3 is 3.00 bits per heavy atom. The minimum Gasteiger partial charge on any atom is -0.394 e. The van der Waals surface area contributed by atoms with Gasteiger partial charge >= 0.3 is 0 Å². The molecule has 0 radical (unpaired) electrons. The zero-order chi connectivity index (χ0) is 20.1. The highest BCUT2D eigenvalue weighted by Crippen LogP contribution is 2.28. The molecule has 1 saturated heterocycles. The molecule has 29 heavy (non-hydrogen) atoms. The summed E-state index contributed by atoms with van der Waals surface area (Å²) in [5.74, 6) is 0.207. The average molecular weight is 399 g/mol.